The quantitative estimate of drug-likeness (QED) is 0.259. The maximum atomic E-state index is 12.6. The van der Waals surface area contributed by atoms with Crippen molar-refractivity contribution in [2.24, 2.45) is 11.0 Å². The van der Waals surface area contributed by atoms with Gasteiger partial charge in [-0.05, 0) is 6.42 Å². The first kappa shape index (κ1) is 19.9. The first-order valence-corrected chi connectivity index (χ1v) is 9.43. The molecule has 0 aromatic carbocycles. The fourth-order valence-electron chi connectivity index (χ4n) is 3.08. The molecule has 2 amide bonds. The summed E-state index contributed by atoms with van der Waals surface area (Å²) in [5, 5.41) is 22.3. The van der Waals surface area contributed by atoms with Crippen LogP contribution >= 0.6 is 11.3 Å². The van der Waals surface area contributed by atoms with E-state index in [0.717, 1.165) is 5.69 Å². The Kier molecular flexibility index (Phi) is 5.70. The van der Waals surface area contributed by atoms with Gasteiger partial charge in [-0.3, -0.25) is 9.59 Å². The maximum absolute atomic E-state index is 12.6. The lowest BCUT2D eigenvalue weighted by atomic mass is 10.1. The lowest BCUT2D eigenvalue weighted by Gasteiger charge is -2.18. The highest BCUT2D eigenvalue weighted by Crippen LogP contribution is 2.46. The van der Waals surface area contributed by atoms with E-state index in [-0.39, 0.29) is 12.5 Å². The number of amides is 2. The Morgan fingerprint density at radius 2 is 2.25 bits per heavy atom. The van der Waals surface area contributed by atoms with Gasteiger partial charge >= 0.3 is 5.97 Å². The number of aromatic nitrogens is 1. The van der Waals surface area contributed by atoms with Crippen LogP contribution in [0.15, 0.2) is 27.9 Å². The van der Waals surface area contributed by atoms with Gasteiger partial charge < -0.3 is 25.8 Å². The molecule has 28 heavy (non-hydrogen) atoms. The van der Waals surface area contributed by atoms with Crippen molar-refractivity contribution in [2.75, 3.05) is 13.6 Å². The normalized spacial score (nSPS) is 28.2. The number of carboxylic acids is 1. The topological polar surface area (TPSA) is 169 Å². The number of epoxide rings is 1. The fourth-order valence-corrected chi connectivity index (χ4v) is 3.64. The average Bonchev–Trinajstić information content (AvgIpc) is 3.54. The van der Waals surface area contributed by atoms with E-state index in [2.05, 4.69) is 26.0 Å². The zero-order chi connectivity index (χ0) is 20.3. The summed E-state index contributed by atoms with van der Waals surface area (Å²) >= 11 is 1.41. The molecule has 1 unspecified atom stereocenters. The summed E-state index contributed by atoms with van der Waals surface area (Å²) in [6.07, 6.45) is 0.0697. The van der Waals surface area contributed by atoms with Gasteiger partial charge in [-0.25, -0.2) is 15.3 Å². The fraction of sp³-hybridized carbons (Fsp3) is 0.500. The molecule has 1 aliphatic carbocycles. The van der Waals surface area contributed by atoms with Gasteiger partial charge in [0.25, 0.3) is 5.91 Å². The number of hydrogen-bond acceptors (Lipinski definition) is 9. The number of ether oxygens (including phenoxy) is 1. The van der Waals surface area contributed by atoms with E-state index < -0.39 is 35.5 Å². The molecule has 1 aliphatic heterocycles. The molecule has 0 spiro atoms. The van der Waals surface area contributed by atoms with Gasteiger partial charge in [0.05, 0.1) is 34.9 Å². The SMILES string of the molecule is CN/C=C(/CNC(=O)C1C[C@]1(Cc1cscn1)NC(=O)[C@H]1O[C@@H]1C(=O)O)N=N. The van der Waals surface area contributed by atoms with Crippen LogP contribution in [-0.2, 0) is 25.5 Å². The molecule has 150 valence electrons. The number of thiazole rings is 1. The predicted molar refractivity (Wildman–Crippen MR) is 96.4 cm³/mol. The molecule has 0 radical (unpaired) electrons. The highest BCUT2D eigenvalue weighted by atomic mass is 32.1. The van der Waals surface area contributed by atoms with Gasteiger partial charge in [-0.2, -0.15) is 5.11 Å². The maximum Gasteiger partial charge on any atom is 0.336 e. The molecule has 5 N–H and O–H groups in total. The predicted octanol–water partition coefficient (Wildman–Crippen LogP) is -0.380. The van der Waals surface area contributed by atoms with Crippen LogP contribution in [0, 0.1) is 11.4 Å². The summed E-state index contributed by atoms with van der Waals surface area (Å²) in [6.45, 7) is 0.0766. The summed E-state index contributed by atoms with van der Waals surface area (Å²) < 4.78 is 4.89. The Balaban J connectivity index is 1.65. The molecule has 0 bridgehead atoms. The van der Waals surface area contributed by atoms with Crippen LogP contribution in [0.4, 0.5) is 0 Å². The van der Waals surface area contributed by atoms with Crippen molar-refractivity contribution in [1.82, 2.24) is 20.9 Å². The number of carboxylic acid groups (broad SMARTS) is 1. The second kappa shape index (κ2) is 8.02. The van der Waals surface area contributed by atoms with E-state index >= 15 is 0 Å². The number of nitrogens with zero attached hydrogens (tertiary/aromatic N) is 2. The van der Waals surface area contributed by atoms with Crippen molar-refractivity contribution in [3.8, 4) is 0 Å². The number of carbonyl (C=O) groups is 3. The summed E-state index contributed by atoms with van der Waals surface area (Å²) in [5.74, 6) is -2.52. The molecular formula is C16H20N6O5S. The van der Waals surface area contributed by atoms with Crippen LogP contribution in [0.1, 0.15) is 12.1 Å². The highest BCUT2D eigenvalue weighted by molar-refractivity contribution is 7.07. The zero-order valence-corrected chi connectivity index (χ0v) is 15.8. The number of aliphatic carboxylic acids is 1. The molecule has 4 atom stereocenters. The minimum atomic E-state index is -1.19. The lowest BCUT2D eigenvalue weighted by molar-refractivity contribution is -0.138. The third kappa shape index (κ3) is 4.34. The van der Waals surface area contributed by atoms with Gasteiger partial charge in [0.2, 0.25) is 5.91 Å². The number of hydrogen-bond donors (Lipinski definition) is 5. The van der Waals surface area contributed by atoms with Gasteiger partial charge in [0, 0.05) is 25.0 Å². The standard InChI is InChI=1S/C16H20N6O5S/c1-18-4-9(22-17)5-19-13(23)10-3-16(10,2-8-6-28-7-20-8)21-14(24)11-12(27-11)15(25)26/h4,6-7,10-12,17-18H,2-3,5H2,1H3,(H,19,23)(H,21,24)(H,25,26)/b9-4-,22-17?/t10?,11-,12-,16-/m0/s1. The van der Waals surface area contributed by atoms with Crippen molar-refractivity contribution in [2.45, 2.75) is 30.6 Å². The second-order valence-corrected chi connectivity index (χ2v) is 7.35. The minimum Gasteiger partial charge on any atom is -0.479 e. The molecule has 12 heteroatoms. The average molecular weight is 408 g/mol. The van der Waals surface area contributed by atoms with Crippen LogP contribution in [0.25, 0.3) is 0 Å². The number of carbonyl (C=O) groups excluding carboxylic acids is 2. The van der Waals surface area contributed by atoms with E-state index in [1.54, 1.807) is 12.6 Å². The molecule has 1 saturated carbocycles. The van der Waals surface area contributed by atoms with Gasteiger partial charge in [-0.1, -0.05) is 0 Å². The van der Waals surface area contributed by atoms with E-state index in [1.165, 1.54) is 17.5 Å². The molecule has 3 rings (SSSR count). The van der Waals surface area contributed by atoms with Crippen LogP contribution < -0.4 is 16.0 Å². The molecular weight excluding hydrogens is 388 g/mol. The molecule has 1 saturated heterocycles. The largest absolute Gasteiger partial charge is 0.479 e. The Labute approximate surface area is 164 Å². The third-order valence-corrected chi connectivity index (χ3v) is 5.27. The third-order valence-electron chi connectivity index (χ3n) is 4.64. The van der Waals surface area contributed by atoms with Crippen molar-refractivity contribution < 1.29 is 24.2 Å². The number of nitrogens with one attached hydrogen (secondary N) is 4. The van der Waals surface area contributed by atoms with Crippen LogP contribution in [0.5, 0.6) is 0 Å². The molecule has 2 aliphatic rings. The van der Waals surface area contributed by atoms with Gasteiger partial charge in [0.15, 0.2) is 12.2 Å². The summed E-state index contributed by atoms with van der Waals surface area (Å²) in [4.78, 5) is 40.0. The zero-order valence-electron chi connectivity index (χ0n) is 15.0. The van der Waals surface area contributed by atoms with E-state index in [4.69, 9.17) is 15.4 Å². The van der Waals surface area contributed by atoms with Gasteiger partial charge in [0.1, 0.15) is 0 Å². The minimum absolute atomic E-state index is 0.0766. The molecule has 11 nitrogen and oxygen atoms in total. The second-order valence-electron chi connectivity index (χ2n) is 6.63. The van der Waals surface area contributed by atoms with Crippen molar-refractivity contribution >= 4 is 29.1 Å². The highest BCUT2D eigenvalue weighted by Gasteiger charge is 2.61. The molecule has 1 aromatic heterocycles. The van der Waals surface area contributed by atoms with Crippen LogP contribution in [-0.4, -0.2) is 59.2 Å². The Hall–Kier alpha value is -2.86. The van der Waals surface area contributed by atoms with E-state index in [1.807, 2.05) is 5.38 Å². The smallest absolute Gasteiger partial charge is 0.336 e. The Morgan fingerprint density at radius 3 is 2.82 bits per heavy atom. The van der Waals surface area contributed by atoms with Gasteiger partial charge in [-0.15, -0.1) is 11.3 Å². The van der Waals surface area contributed by atoms with Crippen LogP contribution in [0.3, 0.4) is 0 Å². The van der Waals surface area contributed by atoms with E-state index in [0.29, 0.717) is 18.5 Å². The molecule has 1 aromatic rings. The van der Waals surface area contributed by atoms with Crippen molar-refractivity contribution in [3.63, 3.8) is 0 Å². The Bertz CT molecular complexity index is 812. The summed E-state index contributed by atoms with van der Waals surface area (Å²) in [7, 11) is 1.66. The number of rotatable bonds is 10. The van der Waals surface area contributed by atoms with Crippen molar-refractivity contribution in [1.29, 1.82) is 5.53 Å². The molecule has 2 heterocycles. The first-order valence-electron chi connectivity index (χ1n) is 8.49. The summed E-state index contributed by atoms with van der Waals surface area (Å²) in [5.41, 5.74) is 8.99. The van der Waals surface area contributed by atoms with E-state index in [9.17, 15) is 14.4 Å². The van der Waals surface area contributed by atoms with Crippen LogP contribution in [0.2, 0.25) is 0 Å². The molecule has 2 fully saturated rings. The lowest BCUT2D eigenvalue weighted by Crippen LogP contribution is -2.45. The summed E-state index contributed by atoms with van der Waals surface area (Å²) in [6, 6.07) is 0. The first-order chi connectivity index (χ1) is 13.4. The Morgan fingerprint density at radius 1 is 1.46 bits per heavy atom. The van der Waals surface area contributed by atoms with Crippen molar-refractivity contribution in [3.05, 3.63) is 28.5 Å². The monoisotopic (exact) mass is 408 g/mol.